The molecular weight excluding hydrogens is 422 g/mol. The Bertz CT molecular complexity index is 1390. The maximum Gasteiger partial charge on any atom is 0.255 e. The van der Waals surface area contributed by atoms with Crippen molar-refractivity contribution in [3.05, 3.63) is 132 Å². The maximum absolute atomic E-state index is 12.9. The van der Waals surface area contributed by atoms with Gasteiger partial charge in [-0.1, -0.05) is 78.9 Å². The van der Waals surface area contributed by atoms with E-state index in [4.69, 9.17) is 4.98 Å². The van der Waals surface area contributed by atoms with Crippen molar-refractivity contribution < 1.29 is 9.90 Å². The summed E-state index contributed by atoms with van der Waals surface area (Å²) in [5.74, 6) is 0.322. The molecule has 4 aromatic carbocycles. The lowest BCUT2D eigenvalue weighted by molar-refractivity contribution is 0.102. The molecule has 0 saturated carbocycles. The summed E-state index contributed by atoms with van der Waals surface area (Å²) in [4.78, 5) is 17.8. The lowest BCUT2D eigenvalue weighted by Crippen LogP contribution is -2.32. The van der Waals surface area contributed by atoms with Crippen molar-refractivity contribution in [3.8, 4) is 0 Å². The molecule has 34 heavy (non-hydrogen) atoms. The van der Waals surface area contributed by atoms with Crippen molar-refractivity contribution in [2.24, 2.45) is 0 Å². The Morgan fingerprint density at radius 1 is 0.853 bits per heavy atom. The van der Waals surface area contributed by atoms with E-state index in [0.29, 0.717) is 17.9 Å². The van der Waals surface area contributed by atoms with Gasteiger partial charge in [0.1, 0.15) is 0 Å². The third kappa shape index (κ3) is 3.76. The van der Waals surface area contributed by atoms with Crippen molar-refractivity contribution in [2.75, 3.05) is 5.32 Å². The first-order valence-corrected chi connectivity index (χ1v) is 11.3. The van der Waals surface area contributed by atoms with Gasteiger partial charge in [0, 0.05) is 17.8 Å². The summed E-state index contributed by atoms with van der Waals surface area (Å²) in [6, 6.07) is 33.9. The first kappa shape index (κ1) is 21.6. The van der Waals surface area contributed by atoms with Gasteiger partial charge in [0.05, 0.1) is 11.0 Å². The molecule has 0 aliphatic rings. The van der Waals surface area contributed by atoms with Crippen LogP contribution in [0.3, 0.4) is 0 Å². The van der Waals surface area contributed by atoms with Crippen LogP contribution in [0.15, 0.2) is 109 Å². The second-order valence-corrected chi connectivity index (χ2v) is 8.15. The zero-order valence-corrected chi connectivity index (χ0v) is 18.8. The number of nitrogens with one attached hydrogen (secondary N) is 1. The van der Waals surface area contributed by atoms with E-state index in [1.165, 1.54) is 0 Å². The largest absolute Gasteiger partial charge is 0.373 e. The van der Waals surface area contributed by atoms with Gasteiger partial charge in [0.15, 0.2) is 11.4 Å². The molecule has 1 amide bonds. The molecule has 0 radical (unpaired) electrons. The Labute approximate surface area is 198 Å². The molecule has 1 heterocycles. The molecule has 0 fully saturated rings. The minimum atomic E-state index is -1.45. The van der Waals surface area contributed by atoms with Crippen LogP contribution in [-0.4, -0.2) is 20.6 Å². The molecular formula is C29H25N3O2. The Kier molecular flexibility index (Phi) is 5.70. The van der Waals surface area contributed by atoms with Crippen LogP contribution in [-0.2, 0) is 12.1 Å². The topological polar surface area (TPSA) is 67.1 Å². The van der Waals surface area contributed by atoms with Crippen molar-refractivity contribution in [3.63, 3.8) is 0 Å². The highest BCUT2D eigenvalue weighted by Crippen LogP contribution is 2.37. The van der Waals surface area contributed by atoms with Crippen LogP contribution in [0.4, 0.5) is 5.69 Å². The minimum absolute atomic E-state index is 0.195. The molecule has 1 aromatic heterocycles. The van der Waals surface area contributed by atoms with E-state index in [1.54, 1.807) is 6.07 Å². The summed E-state index contributed by atoms with van der Waals surface area (Å²) in [5, 5.41) is 15.2. The Morgan fingerprint density at radius 2 is 1.41 bits per heavy atom. The van der Waals surface area contributed by atoms with Crippen molar-refractivity contribution in [1.29, 1.82) is 0 Å². The van der Waals surface area contributed by atoms with E-state index in [0.717, 1.165) is 27.8 Å². The molecule has 0 aliphatic heterocycles. The molecule has 2 N–H and O–H groups in total. The predicted octanol–water partition coefficient (Wildman–Crippen LogP) is 5.59. The molecule has 5 aromatic rings. The predicted molar refractivity (Wildman–Crippen MR) is 135 cm³/mol. The number of carbonyl (C=O) groups excluding carboxylic acids is 1. The quantitative estimate of drug-likeness (QED) is 0.356. The fourth-order valence-electron chi connectivity index (χ4n) is 4.37. The molecule has 168 valence electrons. The second-order valence-electron chi connectivity index (χ2n) is 8.15. The highest BCUT2D eigenvalue weighted by molar-refractivity contribution is 6.06. The Balaban J connectivity index is 1.65. The first-order chi connectivity index (χ1) is 16.6. The van der Waals surface area contributed by atoms with Gasteiger partial charge in [0.2, 0.25) is 0 Å². The summed E-state index contributed by atoms with van der Waals surface area (Å²) in [7, 11) is 0. The van der Waals surface area contributed by atoms with Gasteiger partial charge in [-0.15, -0.1) is 0 Å². The summed E-state index contributed by atoms with van der Waals surface area (Å²) in [6.07, 6.45) is 0. The fourth-order valence-corrected chi connectivity index (χ4v) is 4.37. The highest BCUT2D eigenvalue weighted by Gasteiger charge is 2.38. The van der Waals surface area contributed by atoms with Crippen molar-refractivity contribution >= 4 is 22.6 Å². The lowest BCUT2D eigenvalue weighted by atomic mass is 9.85. The number of carbonyl (C=O) groups is 1. The number of hydrogen-bond acceptors (Lipinski definition) is 3. The van der Waals surface area contributed by atoms with Crippen LogP contribution >= 0.6 is 0 Å². The van der Waals surface area contributed by atoms with Crippen LogP contribution in [0.2, 0.25) is 0 Å². The van der Waals surface area contributed by atoms with E-state index in [2.05, 4.69) is 5.32 Å². The number of aromatic nitrogens is 2. The number of rotatable bonds is 6. The van der Waals surface area contributed by atoms with Gasteiger partial charge < -0.3 is 15.0 Å². The molecule has 0 saturated heterocycles. The van der Waals surface area contributed by atoms with E-state index in [9.17, 15) is 9.90 Å². The van der Waals surface area contributed by atoms with Gasteiger partial charge in [-0.3, -0.25) is 4.79 Å². The summed E-state index contributed by atoms with van der Waals surface area (Å²) in [6.45, 7) is 2.59. The zero-order chi connectivity index (χ0) is 23.5. The number of hydrogen-bond donors (Lipinski definition) is 2. The van der Waals surface area contributed by atoms with Gasteiger partial charge in [0.25, 0.3) is 5.91 Å². The number of aliphatic hydroxyl groups is 1. The molecule has 0 aliphatic carbocycles. The summed E-state index contributed by atoms with van der Waals surface area (Å²) in [5.41, 5.74) is 2.79. The van der Waals surface area contributed by atoms with Crippen molar-refractivity contribution in [2.45, 2.75) is 19.1 Å². The number of benzene rings is 4. The third-order valence-corrected chi connectivity index (χ3v) is 6.07. The normalized spacial score (nSPS) is 11.5. The number of para-hydroxylation sites is 1. The molecule has 0 unspecified atom stereocenters. The Morgan fingerprint density at radius 3 is 1.97 bits per heavy atom. The first-order valence-electron chi connectivity index (χ1n) is 11.3. The van der Waals surface area contributed by atoms with Crippen LogP contribution in [0.25, 0.3) is 11.0 Å². The second kappa shape index (κ2) is 8.96. The number of anilines is 1. The van der Waals surface area contributed by atoms with E-state index in [1.807, 2.05) is 115 Å². The van der Waals surface area contributed by atoms with E-state index >= 15 is 0 Å². The summed E-state index contributed by atoms with van der Waals surface area (Å²) < 4.78 is 1.98. The summed E-state index contributed by atoms with van der Waals surface area (Å²) >= 11 is 0. The third-order valence-electron chi connectivity index (χ3n) is 6.07. The average Bonchev–Trinajstić information content (AvgIpc) is 3.28. The number of imidazole rings is 1. The van der Waals surface area contributed by atoms with Crippen LogP contribution in [0, 0.1) is 0 Å². The van der Waals surface area contributed by atoms with Gasteiger partial charge in [-0.2, -0.15) is 0 Å². The van der Waals surface area contributed by atoms with Crippen LogP contribution in [0.5, 0.6) is 0 Å². The monoisotopic (exact) mass is 447 g/mol. The number of nitrogens with zero attached hydrogens (tertiary/aromatic N) is 2. The zero-order valence-electron chi connectivity index (χ0n) is 18.8. The smallest absolute Gasteiger partial charge is 0.255 e. The molecule has 0 spiro atoms. The van der Waals surface area contributed by atoms with Gasteiger partial charge in [-0.25, -0.2) is 4.98 Å². The average molecular weight is 448 g/mol. The standard InChI is InChI=1S/C29H25N3O2/c1-2-32-26-20-21(27(33)30-24-16-10-5-11-17-24)18-19-25(26)31-28(32)29(34,22-12-6-3-7-13-22)23-14-8-4-9-15-23/h3-20,34H,2H2,1H3,(H,30,33). The van der Waals surface area contributed by atoms with Gasteiger partial charge in [-0.05, 0) is 48.4 Å². The maximum atomic E-state index is 12.9. The molecule has 0 bridgehead atoms. The number of amides is 1. The molecule has 5 rings (SSSR count). The number of aryl methyl sites for hydroxylation is 1. The van der Waals surface area contributed by atoms with E-state index < -0.39 is 5.60 Å². The van der Waals surface area contributed by atoms with Crippen molar-refractivity contribution in [1.82, 2.24) is 9.55 Å². The number of fused-ring (bicyclic) bond motifs is 1. The highest BCUT2D eigenvalue weighted by atomic mass is 16.3. The van der Waals surface area contributed by atoms with Crippen LogP contribution in [0.1, 0.15) is 34.2 Å². The SMILES string of the molecule is CCn1c(C(O)(c2ccccc2)c2ccccc2)nc2ccc(C(=O)Nc3ccccc3)cc21. The van der Waals surface area contributed by atoms with Gasteiger partial charge >= 0.3 is 0 Å². The van der Waals surface area contributed by atoms with Crippen LogP contribution < -0.4 is 5.32 Å². The Hall–Kier alpha value is -4.22. The molecule has 5 nitrogen and oxygen atoms in total. The molecule has 5 heteroatoms. The molecule has 0 atom stereocenters. The lowest BCUT2D eigenvalue weighted by Gasteiger charge is -2.29. The minimum Gasteiger partial charge on any atom is -0.373 e. The van der Waals surface area contributed by atoms with E-state index in [-0.39, 0.29) is 5.91 Å². The fraction of sp³-hybridized carbons (Fsp3) is 0.103.